The number of benzene rings is 2. The molecular formula is C18H18N4OS. The summed E-state index contributed by atoms with van der Waals surface area (Å²) >= 11 is 1.35. The summed E-state index contributed by atoms with van der Waals surface area (Å²) in [5, 5.41) is 1.03. The number of nitrogens with one attached hydrogen (secondary N) is 1. The van der Waals surface area contributed by atoms with Crippen molar-refractivity contribution >= 4 is 33.5 Å². The maximum absolute atomic E-state index is 12.1. The molecule has 0 atom stereocenters. The van der Waals surface area contributed by atoms with Crippen LogP contribution in [0.25, 0.3) is 10.9 Å². The molecule has 0 amide bonds. The average molecular weight is 338 g/mol. The SMILES string of the molecule is Cc1cccc(C)c1N=C(N)SCc1nc2ccccc2c(=O)[nH]1. The van der Waals surface area contributed by atoms with Crippen molar-refractivity contribution < 1.29 is 0 Å². The maximum atomic E-state index is 12.1. The van der Waals surface area contributed by atoms with Gasteiger partial charge in [0.05, 0.1) is 22.3 Å². The molecule has 6 heteroatoms. The van der Waals surface area contributed by atoms with E-state index in [1.807, 2.05) is 50.2 Å². The van der Waals surface area contributed by atoms with E-state index in [0.717, 1.165) is 16.8 Å². The van der Waals surface area contributed by atoms with E-state index in [0.29, 0.717) is 27.6 Å². The highest BCUT2D eigenvalue weighted by molar-refractivity contribution is 8.13. The van der Waals surface area contributed by atoms with E-state index in [4.69, 9.17) is 5.73 Å². The van der Waals surface area contributed by atoms with Crippen molar-refractivity contribution in [3.8, 4) is 0 Å². The minimum atomic E-state index is -0.138. The van der Waals surface area contributed by atoms with Gasteiger partial charge in [-0.25, -0.2) is 9.98 Å². The third kappa shape index (κ3) is 3.49. The molecule has 0 radical (unpaired) electrons. The number of aliphatic imine (C=N–C) groups is 1. The predicted molar refractivity (Wildman–Crippen MR) is 101 cm³/mol. The van der Waals surface area contributed by atoms with Crippen LogP contribution in [-0.2, 0) is 5.75 Å². The lowest BCUT2D eigenvalue weighted by molar-refractivity contribution is 1.04. The standard InChI is InChI=1S/C18H18N4OS/c1-11-6-5-7-12(2)16(11)22-18(19)24-10-15-20-14-9-4-3-8-13(14)17(23)21-15/h3-9H,10H2,1-2H3,(H2,19,22)(H,20,21,23). The van der Waals surface area contributed by atoms with E-state index in [2.05, 4.69) is 15.0 Å². The summed E-state index contributed by atoms with van der Waals surface area (Å²) in [7, 11) is 0. The highest BCUT2D eigenvalue weighted by atomic mass is 32.2. The Labute approximate surface area is 144 Å². The number of amidine groups is 1. The molecule has 0 fully saturated rings. The molecule has 1 aromatic heterocycles. The lowest BCUT2D eigenvalue weighted by atomic mass is 10.1. The molecule has 0 aliphatic carbocycles. The van der Waals surface area contributed by atoms with Gasteiger partial charge in [-0.05, 0) is 37.1 Å². The topological polar surface area (TPSA) is 84.1 Å². The van der Waals surface area contributed by atoms with Gasteiger partial charge in [-0.3, -0.25) is 4.79 Å². The molecule has 0 saturated heterocycles. The number of hydrogen-bond acceptors (Lipinski definition) is 4. The summed E-state index contributed by atoms with van der Waals surface area (Å²) in [6.45, 7) is 4.01. The molecule has 3 N–H and O–H groups in total. The van der Waals surface area contributed by atoms with Gasteiger partial charge < -0.3 is 10.7 Å². The molecule has 1 heterocycles. The first-order chi connectivity index (χ1) is 11.5. The Kier molecular flexibility index (Phi) is 4.66. The zero-order valence-electron chi connectivity index (χ0n) is 13.5. The van der Waals surface area contributed by atoms with Gasteiger partial charge in [0.1, 0.15) is 5.82 Å². The molecule has 0 unspecified atom stereocenters. The van der Waals surface area contributed by atoms with Gasteiger partial charge in [0.25, 0.3) is 5.56 Å². The number of H-pyrrole nitrogens is 1. The number of nitrogens with zero attached hydrogens (tertiary/aromatic N) is 2. The smallest absolute Gasteiger partial charge is 0.258 e. The number of rotatable bonds is 3. The number of thioether (sulfide) groups is 1. The first kappa shape index (κ1) is 16.3. The second kappa shape index (κ2) is 6.88. The minimum Gasteiger partial charge on any atom is -0.378 e. The van der Waals surface area contributed by atoms with Gasteiger partial charge in [0, 0.05) is 0 Å². The number of aryl methyl sites for hydroxylation is 2. The van der Waals surface area contributed by atoms with Crippen LogP contribution >= 0.6 is 11.8 Å². The lowest BCUT2D eigenvalue weighted by Crippen LogP contribution is -2.13. The van der Waals surface area contributed by atoms with E-state index in [1.165, 1.54) is 11.8 Å². The fourth-order valence-electron chi connectivity index (χ4n) is 2.47. The van der Waals surface area contributed by atoms with Crippen LogP contribution in [0.1, 0.15) is 17.0 Å². The van der Waals surface area contributed by atoms with Crippen molar-refractivity contribution in [1.82, 2.24) is 9.97 Å². The first-order valence-electron chi connectivity index (χ1n) is 7.55. The average Bonchev–Trinajstić information content (AvgIpc) is 2.56. The fraction of sp³-hybridized carbons (Fsp3) is 0.167. The number of fused-ring (bicyclic) bond motifs is 1. The molecule has 24 heavy (non-hydrogen) atoms. The Morgan fingerprint density at radius 2 is 1.88 bits per heavy atom. The zero-order valence-corrected chi connectivity index (χ0v) is 14.4. The highest BCUT2D eigenvalue weighted by Crippen LogP contribution is 2.24. The molecule has 0 spiro atoms. The minimum absolute atomic E-state index is 0.138. The van der Waals surface area contributed by atoms with Crippen LogP contribution in [0.15, 0.2) is 52.3 Å². The number of aromatic nitrogens is 2. The largest absolute Gasteiger partial charge is 0.378 e. The fourth-order valence-corrected chi connectivity index (χ4v) is 3.05. The summed E-state index contributed by atoms with van der Waals surface area (Å²) in [6, 6.07) is 13.3. The summed E-state index contributed by atoms with van der Waals surface area (Å²) in [6.07, 6.45) is 0. The van der Waals surface area contributed by atoms with Crippen molar-refractivity contribution in [2.75, 3.05) is 0 Å². The van der Waals surface area contributed by atoms with Gasteiger partial charge in [-0.2, -0.15) is 0 Å². The highest BCUT2D eigenvalue weighted by Gasteiger charge is 2.06. The maximum Gasteiger partial charge on any atom is 0.258 e. The van der Waals surface area contributed by atoms with E-state index >= 15 is 0 Å². The van der Waals surface area contributed by atoms with E-state index in [9.17, 15) is 4.79 Å². The number of aromatic amines is 1. The molecule has 3 aromatic rings. The predicted octanol–water partition coefficient (Wildman–Crippen LogP) is 3.42. The molecule has 5 nitrogen and oxygen atoms in total. The van der Waals surface area contributed by atoms with Crippen LogP contribution < -0.4 is 11.3 Å². The van der Waals surface area contributed by atoms with Crippen LogP contribution in [0, 0.1) is 13.8 Å². The molecule has 3 rings (SSSR count). The Morgan fingerprint density at radius 3 is 2.62 bits per heavy atom. The van der Waals surface area contributed by atoms with E-state index in [1.54, 1.807) is 6.07 Å². The Bertz CT molecular complexity index is 958. The Hall–Kier alpha value is -2.60. The molecule has 0 saturated carbocycles. The summed E-state index contributed by atoms with van der Waals surface area (Å²) in [5.74, 6) is 1.05. The first-order valence-corrected chi connectivity index (χ1v) is 8.54. The summed E-state index contributed by atoms with van der Waals surface area (Å²) in [4.78, 5) is 23.8. The van der Waals surface area contributed by atoms with Crippen molar-refractivity contribution in [3.63, 3.8) is 0 Å². The van der Waals surface area contributed by atoms with Gasteiger partial charge in [0.2, 0.25) is 0 Å². The lowest BCUT2D eigenvalue weighted by Gasteiger charge is -2.06. The van der Waals surface area contributed by atoms with E-state index in [-0.39, 0.29) is 5.56 Å². The number of nitrogens with two attached hydrogens (primary N) is 1. The molecule has 122 valence electrons. The molecule has 0 aliphatic rings. The Morgan fingerprint density at radius 1 is 1.17 bits per heavy atom. The van der Waals surface area contributed by atoms with Gasteiger partial charge in [-0.1, -0.05) is 42.1 Å². The molecule has 0 bridgehead atoms. The van der Waals surface area contributed by atoms with Gasteiger partial charge >= 0.3 is 0 Å². The van der Waals surface area contributed by atoms with Crippen molar-refractivity contribution in [1.29, 1.82) is 0 Å². The molecule has 0 aliphatic heterocycles. The monoisotopic (exact) mass is 338 g/mol. The van der Waals surface area contributed by atoms with Gasteiger partial charge in [-0.15, -0.1) is 0 Å². The van der Waals surface area contributed by atoms with Crippen LogP contribution in [-0.4, -0.2) is 15.1 Å². The van der Waals surface area contributed by atoms with Crippen molar-refractivity contribution in [2.45, 2.75) is 19.6 Å². The molecular weight excluding hydrogens is 320 g/mol. The Balaban J connectivity index is 1.80. The van der Waals surface area contributed by atoms with Crippen LogP contribution in [0.4, 0.5) is 5.69 Å². The third-order valence-corrected chi connectivity index (χ3v) is 4.48. The number of para-hydroxylation sites is 2. The normalized spacial score (nSPS) is 11.8. The van der Waals surface area contributed by atoms with Crippen LogP contribution in [0.3, 0.4) is 0 Å². The van der Waals surface area contributed by atoms with Gasteiger partial charge in [0.15, 0.2) is 5.17 Å². The van der Waals surface area contributed by atoms with Crippen LogP contribution in [0.5, 0.6) is 0 Å². The third-order valence-electron chi connectivity index (χ3n) is 3.68. The summed E-state index contributed by atoms with van der Waals surface area (Å²) in [5.41, 5.74) is 9.63. The second-order valence-corrected chi connectivity index (χ2v) is 6.50. The summed E-state index contributed by atoms with van der Waals surface area (Å²) < 4.78 is 0. The second-order valence-electron chi connectivity index (χ2n) is 5.51. The van der Waals surface area contributed by atoms with Crippen molar-refractivity contribution in [2.24, 2.45) is 10.7 Å². The quantitative estimate of drug-likeness (QED) is 0.566. The van der Waals surface area contributed by atoms with E-state index < -0.39 is 0 Å². The van der Waals surface area contributed by atoms with Crippen LogP contribution in [0.2, 0.25) is 0 Å². The molecule has 2 aromatic carbocycles. The zero-order chi connectivity index (χ0) is 17.1. The van der Waals surface area contributed by atoms with Crippen molar-refractivity contribution in [3.05, 3.63) is 69.8 Å². The number of hydrogen-bond donors (Lipinski definition) is 2.